The second-order valence-corrected chi connectivity index (χ2v) is 5.12. The summed E-state index contributed by atoms with van der Waals surface area (Å²) in [6.45, 7) is 0.727. The number of hydrogen-bond acceptors (Lipinski definition) is 6. The number of hydrogen-bond donors (Lipinski definition) is 1. The molecule has 0 aromatic carbocycles. The van der Waals surface area contributed by atoms with Gasteiger partial charge in [-0.1, -0.05) is 11.1 Å². The molecule has 1 N–H and O–H groups in total. The maximum absolute atomic E-state index is 10.9. The van der Waals surface area contributed by atoms with Crippen LogP contribution in [0.15, 0.2) is 4.52 Å². The highest BCUT2D eigenvalue weighted by Crippen LogP contribution is 2.01. The van der Waals surface area contributed by atoms with E-state index in [1.165, 1.54) is 0 Å². The van der Waals surface area contributed by atoms with Crippen molar-refractivity contribution in [1.29, 1.82) is 0 Å². The zero-order valence-electron chi connectivity index (χ0n) is 8.23. The van der Waals surface area contributed by atoms with Crippen LogP contribution in [0.25, 0.3) is 0 Å². The zero-order valence-corrected chi connectivity index (χ0v) is 9.04. The lowest BCUT2D eigenvalue weighted by atomic mass is 10.6. The smallest absolute Gasteiger partial charge is 0.240 e. The fraction of sp³-hybridized carbons (Fsp3) is 0.500. The molecule has 0 saturated heterocycles. The van der Waals surface area contributed by atoms with Gasteiger partial charge >= 0.3 is 0 Å². The van der Waals surface area contributed by atoms with Crippen LogP contribution in [0, 0.1) is 12.3 Å². The van der Waals surface area contributed by atoms with E-state index >= 15 is 0 Å². The number of terminal acetylenes is 1. The molecule has 0 unspecified atom stereocenters. The third-order valence-electron chi connectivity index (χ3n) is 1.40. The monoisotopic (exact) mass is 229 g/mol. The largest absolute Gasteiger partial charge is 0.338 e. The van der Waals surface area contributed by atoms with E-state index in [9.17, 15) is 8.42 Å². The SMILES string of the molecule is C#CCNCc1nc(CS(C)(=O)=O)no1. The average molecular weight is 229 g/mol. The van der Waals surface area contributed by atoms with Gasteiger partial charge in [-0.25, -0.2) is 8.42 Å². The zero-order chi connectivity index (χ0) is 11.3. The molecule has 1 rings (SSSR count). The normalized spacial score (nSPS) is 11.2. The summed E-state index contributed by atoms with van der Waals surface area (Å²) in [6.07, 6.45) is 6.13. The van der Waals surface area contributed by atoms with Crippen molar-refractivity contribution >= 4 is 9.84 Å². The van der Waals surface area contributed by atoms with Crippen LogP contribution in [0.4, 0.5) is 0 Å². The second kappa shape index (κ2) is 4.91. The van der Waals surface area contributed by atoms with Gasteiger partial charge in [0.2, 0.25) is 5.89 Å². The van der Waals surface area contributed by atoms with Crippen molar-refractivity contribution in [3.8, 4) is 12.3 Å². The molecule has 7 heteroatoms. The first-order chi connectivity index (χ1) is 7.01. The molecule has 0 spiro atoms. The summed E-state index contributed by atoms with van der Waals surface area (Å²) < 4.78 is 26.6. The van der Waals surface area contributed by atoms with Crippen molar-refractivity contribution in [3.05, 3.63) is 11.7 Å². The standard InChI is InChI=1S/C8H11N3O3S/c1-3-4-9-5-8-10-7(11-14-8)6-15(2,12)13/h1,9H,4-6H2,2H3. The Bertz CT molecular complexity index is 458. The maximum Gasteiger partial charge on any atom is 0.240 e. The molecular formula is C8H11N3O3S. The van der Waals surface area contributed by atoms with Crippen LogP contribution in [0.5, 0.6) is 0 Å². The van der Waals surface area contributed by atoms with Crippen molar-refractivity contribution in [2.45, 2.75) is 12.3 Å². The molecule has 0 aliphatic rings. The maximum atomic E-state index is 10.9. The number of rotatable bonds is 5. The van der Waals surface area contributed by atoms with Crippen LogP contribution in [0.2, 0.25) is 0 Å². The molecule has 0 bridgehead atoms. The minimum Gasteiger partial charge on any atom is -0.338 e. The summed E-state index contributed by atoms with van der Waals surface area (Å²) in [7, 11) is -3.13. The Morgan fingerprint density at radius 3 is 2.93 bits per heavy atom. The molecule has 82 valence electrons. The quantitative estimate of drug-likeness (QED) is 0.533. The molecular weight excluding hydrogens is 218 g/mol. The minimum absolute atomic E-state index is 0.162. The van der Waals surface area contributed by atoms with Gasteiger partial charge < -0.3 is 4.52 Å². The molecule has 1 aromatic heterocycles. The number of nitrogens with zero attached hydrogens (tertiary/aromatic N) is 2. The van der Waals surface area contributed by atoms with Crippen LogP contribution >= 0.6 is 0 Å². The molecule has 15 heavy (non-hydrogen) atoms. The Hall–Kier alpha value is -1.39. The number of aromatic nitrogens is 2. The Morgan fingerprint density at radius 2 is 2.33 bits per heavy atom. The Labute approximate surface area is 88.0 Å². The fourth-order valence-corrected chi connectivity index (χ4v) is 1.48. The van der Waals surface area contributed by atoms with Crippen molar-refractivity contribution in [2.75, 3.05) is 12.8 Å². The van der Waals surface area contributed by atoms with Gasteiger partial charge in [0.1, 0.15) is 5.75 Å². The number of nitrogens with one attached hydrogen (secondary N) is 1. The van der Waals surface area contributed by atoms with Crippen LogP contribution in [-0.4, -0.2) is 31.4 Å². The third kappa shape index (κ3) is 4.58. The number of sulfone groups is 1. The molecule has 1 heterocycles. The molecule has 0 fully saturated rings. The first-order valence-corrected chi connectivity index (χ1v) is 6.20. The van der Waals surface area contributed by atoms with Crippen LogP contribution in [-0.2, 0) is 22.1 Å². The Balaban J connectivity index is 2.54. The fourth-order valence-electron chi connectivity index (χ4n) is 0.897. The van der Waals surface area contributed by atoms with E-state index in [0.29, 0.717) is 19.0 Å². The van der Waals surface area contributed by atoms with E-state index in [2.05, 4.69) is 21.4 Å². The topological polar surface area (TPSA) is 85.1 Å². The van der Waals surface area contributed by atoms with Gasteiger partial charge in [0.05, 0.1) is 13.1 Å². The van der Waals surface area contributed by atoms with Gasteiger partial charge in [-0.3, -0.25) is 5.32 Å². The summed E-state index contributed by atoms with van der Waals surface area (Å²) in [4.78, 5) is 3.88. The van der Waals surface area contributed by atoms with Gasteiger partial charge in [-0.05, 0) is 0 Å². The van der Waals surface area contributed by atoms with E-state index in [4.69, 9.17) is 10.9 Å². The van der Waals surface area contributed by atoms with E-state index in [-0.39, 0.29) is 11.6 Å². The molecule has 0 saturated carbocycles. The summed E-state index contributed by atoms with van der Waals surface area (Å²) in [6, 6.07) is 0. The van der Waals surface area contributed by atoms with E-state index < -0.39 is 9.84 Å². The Kier molecular flexibility index (Phi) is 3.82. The highest BCUT2D eigenvalue weighted by molar-refractivity contribution is 7.89. The lowest BCUT2D eigenvalue weighted by Crippen LogP contribution is -2.13. The lowest BCUT2D eigenvalue weighted by molar-refractivity contribution is 0.366. The predicted molar refractivity (Wildman–Crippen MR) is 53.4 cm³/mol. The molecule has 0 amide bonds. The van der Waals surface area contributed by atoms with Gasteiger partial charge in [-0.15, -0.1) is 6.42 Å². The van der Waals surface area contributed by atoms with E-state index in [1.807, 2.05) is 0 Å². The minimum atomic E-state index is -3.13. The highest BCUT2D eigenvalue weighted by atomic mass is 32.2. The Morgan fingerprint density at radius 1 is 1.60 bits per heavy atom. The molecule has 0 atom stereocenters. The lowest BCUT2D eigenvalue weighted by Gasteiger charge is -1.92. The summed E-state index contributed by atoms with van der Waals surface area (Å²) in [5, 5.41) is 6.37. The van der Waals surface area contributed by atoms with Gasteiger partial charge in [0.25, 0.3) is 0 Å². The average Bonchev–Trinajstić information content (AvgIpc) is 2.50. The van der Waals surface area contributed by atoms with Gasteiger partial charge in [0.15, 0.2) is 15.7 Å². The van der Waals surface area contributed by atoms with E-state index in [0.717, 1.165) is 6.26 Å². The second-order valence-electron chi connectivity index (χ2n) is 2.98. The van der Waals surface area contributed by atoms with Crippen molar-refractivity contribution in [2.24, 2.45) is 0 Å². The summed E-state index contributed by atoms with van der Waals surface area (Å²) >= 11 is 0. The molecule has 0 aliphatic carbocycles. The van der Waals surface area contributed by atoms with Gasteiger partial charge in [-0.2, -0.15) is 4.98 Å². The molecule has 1 aromatic rings. The van der Waals surface area contributed by atoms with E-state index in [1.54, 1.807) is 0 Å². The highest BCUT2D eigenvalue weighted by Gasteiger charge is 2.11. The van der Waals surface area contributed by atoms with Crippen LogP contribution in [0.1, 0.15) is 11.7 Å². The van der Waals surface area contributed by atoms with Gasteiger partial charge in [0, 0.05) is 6.26 Å². The third-order valence-corrected chi connectivity index (χ3v) is 2.19. The predicted octanol–water partition coefficient (Wildman–Crippen LogP) is -0.663. The molecule has 0 radical (unpaired) electrons. The van der Waals surface area contributed by atoms with Crippen LogP contribution < -0.4 is 5.32 Å². The van der Waals surface area contributed by atoms with Crippen molar-refractivity contribution in [1.82, 2.24) is 15.5 Å². The first kappa shape index (κ1) is 11.7. The van der Waals surface area contributed by atoms with Crippen molar-refractivity contribution < 1.29 is 12.9 Å². The molecule has 6 nitrogen and oxygen atoms in total. The first-order valence-electron chi connectivity index (χ1n) is 4.14. The van der Waals surface area contributed by atoms with Crippen LogP contribution in [0.3, 0.4) is 0 Å². The van der Waals surface area contributed by atoms with Crippen molar-refractivity contribution in [3.63, 3.8) is 0 Å². The summed E-state index contributed by atoms with van der Waals surface area (Å²) in [5.74, 6) is 2.65. The molecule has 0 aliphatic heterocycles. The summed E-state index contributed by atoms with van der Waals surface area (Å²) in [5.41, 5.74) is 0.